The van der Waals surface area contributed by atoms with Gasteiger partial charge in [0, 0.05) is 17.9 Å². The number of carbonyl (C=O) groups is 2. The van der Waals surface area contributed by atoms with Crippen molar-refractivity contribution in [1.29, 1.82) is 0 Å². The molecule has 0 saturated heterocycles. The van der Waals surface area contributed by atoms with Gasteiger partial charge in [0.1, 0.15) is 5.38 Å². The molecule has 1 aliphatic carbocycles. The molecule has 20 heavy (non-hydrogen) atoms. The highest BCUT2D eigenvalue weighted by Crippen LogP contribution is 2.32. The molecule has 0 aromatic heterocycles. The number of nitrogens with one attached hydrogen (secondary N) is 1. The first-order valence-corrected chi connectivity index (χ1v) is 6.93. The molecule has 1 aromatic carbocycles. The van der Waals surface area contributed by atoms with Gasteiger partial charge in [0.05, 0.1) is 5.71 Å². The standard InChI is InChI=1S/C14H14ClN3O2/c15-12(14(16)20)8-3-4-10-7(5-8)1-2-9-6-11(19)17-18-13(9)10/h3-5,9,12H,1-2,6H2,(H2,16,20)(H,17,19). The molecule has 2 unspecified atom stereocenters. The number of hydrogen-bond donors (Lipinski definition) is 2. The molecule has 3 rings (SSSR count). The van der Waals surface area contributed by atoms with E-state index in [0.29, 0.717) is 12.0 Å². The van der Waals surface area contributed by atoms with Crippen LogP contribution in [-0.2, 0) is 16.0 Å². The van der Waals surface area contributed by atoms with Gasteiger partial charge in [-0.3, -0.25) is 9.59 Å². The van der Waals surface area contributed by atoms with E-state index in [1.165, 1.54) is 0 Å². The van der Waals surface area contributed by atoms with E-state index in [1.807, 2.05) is 12.1 Å². The fourth-order valence-electron chi connectivity index (χ4n) is 2.82. The van der Waals surface area contributed by atoms with Gasteiger partial charge in [-0.15, -0.1) is 11.6 Å². The SMILES string of the molecule is NC(=O)C(Cl)c1ccc2c(c1)CCC1CC(=O)NN=C21. The molecule has 3 N–H and O–H groups in total. The molecule has 0 saturated carbocycles. The lowest BCUT2D eigenvalue weighted by Crippen LogP contribution is -2.36. The van der Waals surface area contributed by atoms with E-state index >= 15 is 0 Å². The van der Waals surface area contributed by atoms with Crippen LogP contribution < -0.4 is 11.2 Å². The molecule has 104 valence electrons. The van der Waals surface area contributed by atoms with Crippen LogP contribution >= 0.6 is 11.6 Å². The number of aryl methyl sites for hydroxylation is 1. The Balaban J connectivity index is 1.99. The molecule has 6 heteroatoms. The van der Waals surface area contributed by atoms with E-state index in [1.54, 1.807) is 6.07 Å². The molecule has 1 aliphatic heterocycles. The van der Waals surface area contributed by atoms with Gasteiger partial charge < -0.3 is 5.73 Å². The summed E-state index contributed by atoms with van der Waals surface area (Å²) in [5.41, 5.74) is 11.5. The number of halogens is 1. The van der Waals surface area contributed by atoms with Gasteiger partial charge in [0.2, 0.25) is 11.8 Å². The largest absolute Gasteiger partial charge is 0.368 e. The minimum Gasteiger partial charge on any atom is -0.368 e. The predicted octanol–water partition coefficient (Wildman–Crippen LogP) is 1.24. The zero-order valence-electron chi connectivity index (χ0n) is 10.7. The molecule has 1 heterocycles. The molecule has 2 amide bonds. The Morgan fingerprint density at radius 2 is 2.30 bits per heavy atom. The zero-order chi connectivity index (χ0) is 14.3. The van der Waals surface area contributed by atoms with E-state index in [4.69, 9.17) is 17.3 Å². The lowest BCUT2D eigenvalue weighted by molar-refractivity contribution is -0.122. The summed E-state index contributed by atoms with van der Waals surface area (Å²) in [4.78, 5) is 22.5. The minimum atomic E-state index is -0.814. The maximum absolute atomic E-state index is 11.4. The van der Waals surface area contributed by atoms with Gasteiger partial charge in [-0.05, 0) is 24.0 Å². The van der Waals surface area contributed by atoms with E-state index in [2.05, 4.69) is 10.5 Å². The van der Waals surface area contributed by atoms with Crippen molar-refractivity contribution in [2.45, 2.75) is 24.6 Å². The summed E-state index contributed by atoms with van der Waals surface area (Å²) in [7, 11) is 0. The molecule has 0 spiro atoms. The Morgan fingerprint density at radius 1 is 1.50 bits per heavy atom. The Hall–Kier alpha value is -1.88. The number of carbonyl (C=O) groups excluding carboxylic acids is 2. The molecule has 2 atom stereocenters. The molecule has 0 bridgehead atoms. The van der Waals surface area contributed by atoms with Crippen molar-refractivity contribution in [2.75, 3.05) is 0 Å². The number of benzene rings is 1. The average Bonchev–Trinajstić information content (AvgIpc) is 2.45. The Bertz CT molecular complexity index is 627. The third kappa shape index (κ3) is 2.18. The number of rotatable bonds is 2. The van der Waals surface area contributed by atoms with Gasteiger partial charge >= 0.3 is 0 Å². The summed E-state index contributed by atoms with van der Waals surface area (Å²) in [5, 5.41) is 3.36. The van der Waals surface area contributed by atoms with Crippen molar-refractivity contribution < 1.29 is 9.59 Å². The van der Waals surface area contributed by atoms with Crippen LogP contribution in [0.5, 0.6) is 0 Å². The first-order chi connectivity index (χ1) is 9.56. The molecule has 0 radical (unpaired) electrons. The van der Waals surface area contributed by atoms with Crippen molar-refractivity contribution >= 4 is 29.1 Å². The molecule has 0 fully saturated rings. The summed E-state index contributed by atoms with van der Waals surface area (Å²) in [6.45, 7) is 0. The maximum Gasteiger partial charge on any atom is 0.240 e. The monoisotopic (exact) mass is 291 g/mol. The molecular formula is C14H14ClN3O2. The van der Waals surface area contributed by atoms with Crippen molar-refractivity contribution in [3.63, 3.8) is 0 Å². The van der Waals surface area contributed by atoms with Crippen LogP contribution in [0.3, 0.4) is 0 Å². The maximum atomic E-state index is 11.4. The number of nitrogens with zero attached hydrogens (tertiary/aromatic N) is 1. The van der Waals surface area contributed by atoms with Crippen LogP contribution in [-0.4, -0.2) is 17.5 Å². The van der Waals surface area contributed by atoms with E-state index < -0.39 is 11.3 Å². The second kappa shape index (κ2) is 4.90. The number of alkyl halides is 1. The summed E-state index contributed by atoms with van der Waals surface area (Å²) < 4.78 is 0. The Kier molecular flexibility index (Phi) is 3.22. The topological polar surface area (TPSA) is 84.5 Å². The first kappa shape index (κ1) is 13.1. The highest BCUT2D eigenvalue weighted by Gasteiger charge is 2.31. The first-order valence-electron chi connectivity index (χ1n) is 6.49. The van der Waals surface area contributed by atoms with E-state index in [-0.39, 0.29) is 11.8 Å². The number of nitrogens with two attached hydrogens (primary N) is 1. The summed E-state index contributed by atoms with van der Waals surface area (Å²) in [5.74, 6) is -0.402. The molecule has 2 aliphatic rings. The number of amides is 2. The van der Waals surface area contributed by atoms with Crippen LogP contribution in [0.15, 0.2) is 23.3 Å². The van der Waals surface area contributed by atoms with Gasteiger partial charge in [-0.25, -0.2) is 5.43 Å². The quantitative estimate of drug-likeness (QED) is 0.803. The normalized spacial score (nSPS) is 22.1. The van der Waals surface area contributed by atoms with Gasteiger partial charge in [0.15, 0.2) is 0 Å². The van der Waals surface area contributed by atoms with E-state index in [9.17, 15) is 9.59 Å². The summed E-state index contributed by atoms with van der Waals surface area (Å²) >= 11 is 5.98. The number of hydrazone groups is 1. The summed E-state index contributed by atoms with van der Waals surface area (Å²) in [6, 6.07) is 5.61. The van der Waals surface area contributed by atoms with Gasteiger partial charge in [-0.2, -0.15) is 5.10 Å². The van der Waals surface area contributed by atoms with Crippen molar-refractivity contribution in [3.8, 4) is 0 Å². The number of primary amides is 1. The van der Waals surface area contributed by atoms with Crippen LogP contribution in [0, 0.1) is 5.92 Å². The predicted molar refractivity (Wildman–Crippen MR) is 75.3 cm³/mol. The minimum absolute atomic E-state index is 0.0339. The van der Waals surface area contributed by atoms with Crippen LogP contribution in [0.4, 0.5) is 0 Å². The fraction of sp³-hybridized carbons (Fsp3) is 0.357. The third-order valence-corrected chi connectivity index (χ3v) is 4.30. The van der Waals surface area contributed by atoms with Gasteiger partial charge in [-0.1, -0.05) is 18.2 Å². The Labute approximate surface area is 121 Å². The number of hydrogen-bond acceptors (Lipinski definition) is 3. The van der Waals surface area contributed by atoms with Crippen molar-refractivity contribution in [1.82, 2.24) is 5.43 Å². The van der Waals surface area contributed by atoms with Gasteiger partial charge in [0.25, 0.3) is 0 Å². The molecule has 5 nitrogen and oxygen atoms in total. The van der Waals surface area contributed by atoms with Crippen LogP contribution in [0.2, 0.25) is 0 Å². The molecular weight excluding hydrogens is 278 g/mol. The third-order valence-electron chi connectivity index (χ3n) is 3.83. The number of fused-ring (bicyclic) bond motifs is 3. The van der Waals surface area contributed by atoms with Crippen LogP contribution in [0.25, 0.3) is 0 Å². The lowest BCUT2D eigenvalue weighted by Gasteiger charge is -2.29. The lowest BCUT2D eigenvalue weighted by atomic mass is 9.79. The second-order valence-electron chi connectivity index (χ2n) is 5.15. The van der Waals surface area contributed by atoms with E-state index in [0.717, 1.165) is 29.7 Å². The zero-order valence-corrected chi connectivity index (χ0v) is 11.5. The highest BCUT2D eigenvalue weighted by atomic mass is 35.5. The second-order valence-corrected chi connectivity index (χ2v) is 5.59. The summed E-state index contributed by atoms with van der Waals surface area (Å²) in [6.07, 6.45) is 2.22. The van der Waals surface area contributed by atoms with Crippen molar-refractivity contribution in [3.05, 3.63) is 34.9 Å². The highest BCUT2D eigenvalue weighted by molar-refractivity contribution is 6.30. The van der Waals surface area contributed by atoms with Crippen molar-refractivity contribution in [2.24, 2.45) is 16.8 Å². The van der Waals surface area contributed by atoms with Crippen LogP contribution in [0.1, 0.15) is 34.9 Å². The Morgan fingerprint density at radius 3 is 3.05 bits per heavy atom. The fourth-order valence-corrected chi connectivity index (χ4v) is 2.96. The average molecular weight is 292 g/mol. The smallest absolute Gasteiger partial charge is 0.240 e. The molecule has 1 aromatic rings.